The predicted octanol–water partition coefficient (Wildman–Crippen LogP) is 1.54. The fourth-order valence-corrected chi connectivity index (χ4v) is 3.12. The van der Waals surface area contributed by atoms with Crippen LogP contribution < -0.4 is 10.5 Å². The highest BCUT2D eigenvalue weighted by molar-refractivity contribution is 7.89. The van der Waals surface area contributed by atoms with Crippen molar-refractivity contribution in [3.05, 3.63) is 29.3 Å². The minimum atomic E-state index is -3.66. The van der Waals surface area contributed by atoms with E-state index in [0.29, 0.717) is 0 Å². The summed E-state index contributed by atoms with van der Waals surface area (Å²) in [5.74, 6) is -0.263. The van der Waals surface area contributed by atoms with Gasteiger partial charge in [0.15, 0.2) is 0 Å². The molecule has 0 aliphatic heterocycles. The van der Waals surface area contributed by atoms with Crippen LogP contribution in [0.25, 0.3) is 0 Å². The van der Waals surface area contributed by atoms with Crippen LogP contribution in [0.15, 0.2) is 23.1 Å². The molecule has 1 aromatic rings. The van der Waals surface area contributed by atoms with Gasteiger partial charge in [-0.05, 0) is 43.0 Å². The van der Waals surface area contributed by atoms with Gasteiger partial charge < -0.3 is 5.73 Å². The topological polar surface area (TPSA) is 96.0 Å². The van der Waals surface area contributed by atoms with Crippen molar-refractivity contribution in [2.24, 2.45) is 11.7 Å². The van der Waals surface area contributed by atoms with Crippen molar-refractivity contribution in [2.45, 2.75) is 38.6 Å². The van der Waals surface area contributed by atoms with E-state index in [9.17, 15) is 8.42 Å². The summed E-state index contributed by atoms with van der Waals surface area (Å²) in [6.07, 6.45) is 0. The molecule has 0 radical (unpaired) electrons. The van der Waals surface area contributed by atoms with Gasteiger partial charge in [0.2, 0.25) is 10.0 Å². The third-order valence-electron chi connectivity index (χ3n) is 3.07. The van der Waals surface area contributed by atoms with Crippen molar-refractivity contribution in [3.63, 3.8) is 0 Å². The first-order valence-corrected chi connectivity index (χ1v) is 7.57. The van der Waals surface area contributed by atoms with E-state index in [1.54, 1.807) is 18.2 Å². The Balaban J connectivity index is 3.10. The third-order valence-corrected chi connectivity index (χ3v) is 4.51. The SMILES string of the molecule is Cc1ccc(S(=O)(=O)NC(C(=N)N)C(C)C)cc1C. The van der Waals surface area contributed by atoms with Gasteiger partial charge in [0.1, 0.15) is 5.84 Å². The molecule has 6 heteroatoms. The predicted molar refractivity (Wildman–Crippen MR) is 76.8 cm³/mol. The molecule has 0 heterocycles. The summed E-state index contributed by atoms with van der Waals surface area (Å²) in [5.41, 5.74) is 7.38. The molecule has 0 aliphatic carbocycles. The standard InChI is InChI=1S/C13H21N3O2S/c1-8(2)12(13(14)15)16-19(17,18)11-6-5-9(3)10(4)7-11/h5-8,12,16H,1-4H3,(H3,14,15). The van der Waals surface area contributed by atoms with Gasteiger partial charge in [-0.25, -0.2) is 13.1 Å². The average Bonchev–Trinajstić information content (AvgIpc) is 2.28. The Hall–Kier alpha value is -1.40. The van der Waals surface area contributed by atoms with Gasteiger partial charge in [0, 0.05) is 0 Å². The van der Waals surface area contributed by atoms with Crippen LogP contribution in [0.1, 0.15) is 25.0 Å². The number of nitrogens with two attached hydrogens (primary N) is 1. The van der Waals surface area contributed by atoms with Crippen LogP contribution in [-0.2, 0) is 10.0 Å². The van der Waals surface area contributed by atoms with Gasteiger partial charge in [-0.15, -0.1) is 0 Å². The first-order chi connectivity index (χ1) is 8.65. The zero-order chi connectivity index (χ0) is 14.8. The van der Waals surface area contributed by atoms with Gasteiger partial charge >= 0.3 is 0 Å². The Morgan fingerprint density at radius 2 is 1.84 bits per heavy atom. The van der Waals surface area contributed by atoms with Crippen molar-refractivity contribution in [1.29, 1.82) is 5.41 Å². The van der Waals surface area contributed by atoms with Crippen molar-refractivity contribution in [3.8, 4) is 0 Å². The maximum atomic E-state index is 12.3. The summed E-state index contributed by atoms with van der Waals surface area (Å²) >= 11 is 0. The molecule has 1 atom stereocenters. The summed E-state index contributed by atoms with van der Waals surface area (Å²) in [7, 11) is -3.66. The summed E-state index contributed by atoms with van der Waals surface area (Å²) in [5, 5.41) is 7.45. The summed E-state index contributed by atoms with van der Waals surface area (Å²) < 4.78 is 27.0. The second-order valence-electron chi connectivity index (χ2n) is 5.04. The lowest BCUT2D eigenvalue weighted by Crippen LogP contribution is -2.47. The van der Waals surface area contributed by atoms with Gasteiger partial charge in [-0.1, -0.05) is 19.9 Å². The first kappa shape index (κ1) is 15.7. The van der Waals surface area contributed by atoms with E-state index in [4.69, 9.17) is 11.1 Å². The van der Waals surface area contributed by atoms with Crippen molar-refractivity contribution in [1.82, 2.24) is 4.72 Å². The third kappa shape index (κ3) is 3.78. The van der Waals surface area contributed by atoms with Crippen LogP contribution >= 0.6 is 0 Å². The lowest BCUT2D eigenvalue weighted by molar-refractivity contribution is 0.522. The van der Waals surface area contributed by atoms with E-state index >= 15 is 0 Å². The Morgan fingerprint density at radius 3 is 2.26 bits per heavy atom. The monoisotopic (exact) mass is 283 g/mol. The van der Waals surface area contributed by atoms with Crippen LogP contribution in [0, 0.1) is 25.2 Å². The van der Waals surface area contributed by atoms with Crippen molar-refractivity contribution >= 4 is 15.9 Å². The van der Waals surface area contributed by atoms with Gasteiger partial charge in [-0.3, -0.25) is 5.41 Å². The second-order valence-corrected chi connectivity index (χ2v) is 6.76. The molecule has 1 unspecified atom stereocenters. The number of nitrogens with one attached hydrogen (secondary N) is 2. The fraction of sp³-hybridized carbons (Fsp3) is 0.462. The van der Waals surface area contributed by atoms with Gasteiger partial charge in [0.05, 0.1) is 10.9 Å². The second kappa shape index (κ2) is 5.71. The van der Waals surface area contributed by atoms with E-state index < -0.39 is 16.1 Å². The molecule has 1 aromatic carbocycles. The Labute approximate surface area is 114 Å². The zero-order valence-electron chi connectivity index (χ0n) is 11.7. The van der Waals surface area contributed by atoms with E-state index in [0.717, 1.165) is 11.1 Å². The molecule has 106 valence electrons. The molecular weight excluding hydrogens is 262 g/mol. The largest absolute Gasteiger partial charge is 0.386 e. The van der Waals surface area contributed by atoms with Crippen molar-refractivity contribution in [2.75, 3.05) is 0 Å². The molecule has 0 saturated heterocycles. The lowest BCUT2D eigenvalue weighted by atomic mass is 10.1. The smallest absolute Gasteiger partial charge is 0.241 e. The number of amidine groups is 1. The molecule has 0 saturated carbocycles. The minimum absolute atomic E-state index is 0.0844. The number of hydrogen-bond donors (Lipinski definition) is 3. The van der Waals surface area contributed by atoms with E-state index in [2.05, 4.69) is 4.72 Å². The quantitative estimate of drug-likeness (QED) is 0.565. The fourth-order valence-electron chi connectivity index (χ4n) is 1.67. The molecule has 0 spiro atoms. The van der Waals surface area contributed by atoms with Crippen LogP contribution in [-0.4, -0.2) is 20.3 Å². The van der Waals surface area contributed by atoms with Gasteiger partial charge in [0.25, 0.3) is 0 Å². The van der Waals surface area contributed by atoms with Crippen LogP contribution in [0.3, 0.4) is 0 Å². The highest BCUT2D eigenvalue weighted by atomic mass is 32.2. The number of aryl methyl sites for hydroxylation is 2. The first-order valence-electron chi connectivity index (χ1n) is 6.08. The Bertz CT molecular complexity index is 580. The van der Waals surface area contributed by atoms with Crippen LogP contribution in [0.2, 0.25) is 0 Å². The lowest BCUT2D eigenvalue weighted by Gasteiger charge is -2.21. The highest BCUT2D eigenvalue weighted by Crippen LogP contribution is 2.16. The van der Waals surface area contributed by atoms with E-state index in [-0.39, 0.29) is 16.6 Å². The molecule has 0 aliphatic rings. The van der Waals surface area contributed by atoms with Crippen LogP contribution in [0.5, 0.6) is 0 Å². The molecule has 0 fully saturated rings. The minimum Gasteiger partial charge on any atom is -0.386 e. The maximum absolute atomic E-state index is 12.3. The Morgan fingerprint density at radius 1 is 1.26 bits per heavy atom. The molecule has 1 rings (SSSR count). The number of sulfonamides is 1. The summed E-state index contributed by atoms with van der Waals surface area (Å²) in [6.45, 7) is 7.41. The van der Waals surface area contributed by atoms with E-state index in [1.807, 2.05) is 27.7 Å². The molecule has 0 amide bonds. The van der Waals surface area contributed by atoms with Crippen molar-refractivity contribution < 1.29 is 8.42 Å². The highest BCUT2D eigenvalue weighted by Gasteiger charge is 2.24. The number of hydrogen-bond acceptors (Lipinski definition) is 3. The molecule has 0 aromatic heterocycles. The summed E-state index contributed by atoms with van der Waals surface area (Å²) in [4.78, 5) is 0.197. The molecule has 5 nitrogen and oxygen atoms in total. The maximum Gasteiger partial charge on any atom is 0.241 e. The average molecular weight is 283 g/mol. The summed E-state index contributed by atoms with van der Waals surface area (Å²) in [6, 6.07) is 4.26. The molecule has 0 bridgehead atoms. The normalized spacial score (nSPS) is 13.5. The van der Waals surface area contributed by atoms with Crippen LogP contribution in [0.4, 0.5) is 0 Å². The Kier molecular flexibility index (Phi) is 4.70. The molecular formula is C13H21N3O2S. The molecule has 19 heavy (non-hydrogen) atoms. The number of rotatable bonds is 5. The zero-order valence-corrected chi connectivity index (χ0v) is 12.5. The van der Waals surface area contributed by atoms with E-state index in [1.165, 1.54) is 0 Å². The van der Waals surface area contributed by atoms with Gasteiger partial charge in [-0.2, -0.15) is 0 Å². The number of benzene rings is 1. The molecule has 4 N–H and O–H groups in total.